The number of nitrogens with one attached hydrogen (secondary N) is 1. The number of carbonyl (C=O) groups excluding carboxylic acids is 1. The van der Waals surface area contributed by atoms with E-state index in [9.17, 15) is 4.79 Å². The minimum absolute atomic E-state index is 0.0886. The molecule has 0 atom stereocenters. The van der Waals surface area contributed by atoms with Crippen LogP contribution in [-0.4, -0.2) is 53.4 Å². The third kappa shape index (κ3) is 7.72. The maximum absolute atomic E-state index is 12.2. The number of anilines is 1. The molecule has 0 aliphatic carbocycles. The number of hydrogen-bond acceptors (Lipinski definition) is 5. The Morgan fingerprint density at radius 2 is 1.96 bits per heavy atom. The molecule has 0 unspecified atom stereocenters. The lowest BCUT2D eigenvalue weighted by atomic mass is 9.99. The molecule has 0 bridgehead atoms. The minimum atomic E-state index is 0.0886. The predicted octanol–water partition coefficient (Wildman–Crippen LogP) is 4.22. The molecular formula is C20H36N4OS. The van der Waals surface area contributed by atoms with Crippen molar-refractivity contribution in [2.45, 2.75) is 65.8 Å². The van der Waals surface area contributed by atoms with Crippen molar-refractivity contribution in [3.8, 4) is 0 Å². The van der Waals surface area contributed by atoms with Crippen LogP contribution in [0.25, 0.3) is 0 Å². The smallest absolute Gasteiger partial charge is 0.226 e. The lowest BCUT2D eigenvalue weighted by Gasteiger charge is -2.29. The van der Waals surface area contributed by atoms with Crippen LogP contribution in [0.5, 0.6) is 0 Å². The van der Waals surface area contributed by atoms with Gasteiger partial charge >= 0.3 is 0 Å². The SMILES string of the molecule is CCCN(CCC)CCCC(=O)Nc1nc(CN2CCC(C)CC2)cs1. The van der Waals surface area contributed by atoms with E-state index in [4.69, 9.17) is 0 Å². The Morgan fingerprint density at radius 3 is 2.62 bits per heavy atom. The van der Waals surface area contributed by atoms with Crippen LogP contribution >= 0.6 is 11.3 Å². The van der Waals surface area contributed by atoms with Crippen LogP contribution in [0.1, 0.15) is 65.0 Å². The third-order valence-electron chi connectivity index (χ3n) is 5.02. The van der Waals surface area contributed by atoms with Crippen LogP contribution in [0.4, 0.5) is 5.13 Å². The molecule has 2 heterocycles. The van der Waals surface area contributed by atoms with Gasteiger partial charge in [0.25, 0.3) is 0 Å². The Balaban J connectivity index is 1.68. The second-order valence-corrected chi connectivity index (χ2v) is 8.45. The van der Waals surface area contributed by atoms with Crippen LogP contribution in [0, 0.1) is 5.92 Å². The number of thiazole rings is 1. The highest BCUT2D eigenvalue weighted by molar-refractivity contribution is 7.13. The standard InChI is InChI=1S/C20H36N4OS/c1-4-10-23(11-5-2)12-6-7-19(25)22-20-21-18(16-26-20)15-24-13-8-17(3)9-14-24/h16-17H,4-15H2,1-3H3,(H,21,22,25). The molecule has 1 aliphatic heterocycles. The van der Waals surface area contributed by atoms with Gasteiger partial charge in [0.2, 0.25) is 5.91 Å². The molecule has 0 radical (unpaired) electrons. The van der Waals surface area contributed by atoms with E-state index in [-0.39, 0.29) is 5.91 Å². The summed E-state index contributed by atoms with van der Waals surface area (Å²) in [6, 6.07) is 0. The molecule has 1 amide bonds. The number of nitrogens with zero attached hydrogens (tertiary/aromatic N) is 3. The molecule has 148 valence electrons. The zero-order valence-corrected chi connectivity index (χ0v) is 17.6. The fourth-order valence-electron chi connectivity index (χ4n) is 3.50. The summed E-state index contributed by atoms with van der Waals surface area (Å²) in [5.74, 6) is 0.938. The Bertz CT molecular complexity index is 520. The number of rotatable bonds is 11. The molecule has 0 spiro atoms. The van der Waals surface area contributed by atoms with Gasteiger partial charge in [-0.05, 0) is 70.7 Å². The highest BCUT2D eigenvalue weighted by atomic mass is 32.1. The van der Waals surface area contributed by atoms with Gasteiger partial charge in [0.1, 0.15) is 0 Å². The summed E-state index contributed by atoms with van der Waals surface area (Å²) in [4.78, 5) is 21.7. The topological polar surface area (TPSA) is 48.5 Å². The maximum atomic E-state index is 12.2. The van der Waals surface area contributed by atoms with Gasteiger partial charge in [0, 0.05) is 18.3 Å². The highest BCUT2D eigenvalue weighted by Gasteiger charge is 2.17. The number of likely N-dealkylation sites (tertiary alicyclic amines) is 1. The second kappa shape index (κ2) is 11.7. The van der Waals surface area contributed by atoms with E-state index in [1.54, 1.807) is 11.3 Å². The summed E-state index contributed by atoms with van der Waals surface area (Å²) in [6.45, 7) is 13.2. The van der Waals surface area contributed by atoms with E-state index in [1.807, 2.05) is 0 Å². The zero-order valence-electron chi connectivity index (χ0n) is 16.8. The van der Waals surface area contributed by atoms with Gasteiger partial charge in [-0.1, -0.05) is 20.8 Å². The molecule has 26 heavy (non-hydrogen) atoms. The Labute approximate surface area is 163 Å². The second-order valence-electron chi connectivity index (χ2n) is 7.60. The van der Waals surface area contributed by atoms with Crippen molar-refractivity contribution in [3.05, 3.63) is 11.1 Å². The van der Waals surface area contributed by atoms with E-state index in [0.29, 0.717) is 6.42 Å². The van der Waals surface area contributed by atoms with Gasteiger partial charge in [0.05, 0.1) is 5.69 Å². The van der Waals surface area contributed by atoms with Crippen molar-refractivity contribution < 1.29 is 4.79 Å². The fraction of sp³-hybridized carbons (Fsp3) is 0.800. The maximum Gasteiger partial charge on any atom is 0.226 e. The van der Waals surface area contributed by atoms with Crippen molar-refractivity contribution >= 4 is 22.4 Å². The Kier molecular flexibility index (Phi) is 9.57. The van der Waals surface area contributed by atoms with Crippen molar-refractivity contribution in [1.82, 2.24) is 14.8 Å². The fourth-order valence-corrected chi connectivity index (χ4v) is 4.22. The molecule has 1 fully saturated rings. The van der Waals surface area contributed by atoms with Crippen LogP contribution in [0.2, 0.25) is 0 Å². The van der Waals surface area contributed by atoms with E-state index < -0.39 is 0 Å². The molecule has 1 saturated heterocycles. The van der Waals surface area contributed by atoms with Crippen molar-refractivity contribution in [3.63, 3.8) is 0 Å². The normalized spacial score (nSPS) is 16.3. The van der Waals surface area contributed by atoms with Gasteiger partial charge in [-0.3, -0.25) is 9.69 Å². The van der Waals surface area contributed by atoms with E-state index in [0.717, 1.165) is 62.4 Å². The van der Waals surface area contributed by atoms with Crippen LogP contribution in [0.3, 0.4) is 0 Å². The van der Waals surface area contributed by atoms with Gasteiger partial charge in [-0.15, -0.1) is 11.3 Å². The average Bonchev–Trinajstić information content (AvgIpc) is 3.04. The molecule has 0 aromatic carbocycles. The molecule has 0 saturated carbocycles. The molecular weight excluding hydrogens is 344 g/mol. The van der Waals surface area contributed by atoms with E-state index >= 15 is 0 Å². The molecule has 1 aromatic heterocycles. The van der Waals surface area contributed by atoms with E-state index in [1.165, 1.54) is 25.7 Å². The molecule has 5 nitrogen and oxygen atoms in total. The summed E-state index contributed by atoms with van der Waals surface area (Å²) in [6.07, 6.45) is 6.38. The monoisotopic (exact) mass is 380 g/mol. The lowest BCUT2D eigenvalue weighted by Crippen LogP contribution is -2.32. The first-order valence-electron chi connectivity index (χ1n) is 10.3. The molecule has 1 aliphatic rings. The average molecular weight is 381 g/mol. The van der Waals surface area contributed by atoms with Crippen molar-refractivity contribution in [2.75, 3.05) is 38.0 Å². The first-order chi connectivity index (χ1) is 12.6. The summed E-state index contributed by atoms with van der Waals surface area (Å²) < 4.78 is 0. The number of piperidine rings is 1. The lowest BCUT2D eigenvalue weighted by molar-refractivity contribution is -0.116. The Hall–Kier alpha value is -0.980. The molecule has 6 heteroatoms. The van der Waals surface area contributed by atoms with Crippen molar-refractivity contribution in [1.29, 1.82) is 0 Å². The number of aromatic nitrogens is 1. The van der Waals surface area contributed by atoms with Gasteiger partial charge in [0.15, 0.2) is 5.13 Å². The summed E-state index contributed by atoms with van der Waals surface area (Å²) in [5.41, 5.74) is 1.08. The highest BCUT2D eigenvalue weighted by Crippen LogP contribution is 2.21. The van der Waals surface area contributed by atoms with E-state index in [2.05, 4.69) is 46.3 Å². The first-order valence-corrected chi connectivity index (χ1v) is 11.2. The van der Waals surface area contributed by atoms with Gasteiger partial charge in [-0.25, -0.2) is 4.98 Å². The molecule has 1 aromatic rings. The quantitative estimate of drug-likeness (QED) is 0.624. The summed E-state index contributed by atoms with van der Waals surface area (Å²) in [5, 5.41) is 5.80. The van der Waals surface area contributed by atoms with Gasteiger partial charge in [-0.2, -0.15) is 0 Å². The predicted molar refractivity (Wildman–Crippen MR) is 111 cm³/mol. The minimum Gasteiger partial charge on any atom is -0.303 e. The zero-order chi connectivity index (χ0) is 18.8. The van der Waals surface area contributed by atoms with Crippen LogP contribution < -0.4 is 5.32 Å². The molecule has 1 N–H and O–H groups in total. The van der Waals surface area contributed by atoms with Crippen molar-refractivity contribution in [2.24, 2.45) is 5.92 Å². The number of hydrogen-bond donors (Lipinski definition) is 1. The number of amides is 1. The third-order valence-corrected chi connectivity index (χ3v) is 5.82. The number of carbonyl (C=O) groups is 1. The largest absolute Gasteiger partial charge is 0.303 e. The molecule has 2 rings (SSSR count). The van der Waals surface area contributed by atoms with Crippen LogP contribution in [0.15, 0.2) is 5.38 Å². The summed E-state index contributed by atoms with van der Waals surface area (Å²) >= 11 is 1.54. The first kappa shape index (κ1) is 21.3. The van der Waals surface area contributed by atoms with Crippen LogP contribution in [-0.2, 0) is 11.3 Å². The van der Waals surface area contributed by atoms with Gasteiger partial charge < -0.3 is 10.2 Å². The Morgan fingerprint density at radius 1 is 1.27 bits per heavy atom. The summed E-state index contributed by atoms with van der Waals surface area (Å²) in [7, 11) is 0.